The Bertz CT molecular complexity index is 200. The molecular weight excluding hydrogens is 246 g/mol. The molecule has 0 saturated heterocycles. The van der Waals surface area contributed by atoms with Crippen molar-refractivity contribution >= 4 is 8.80 Å². The number of unbranched alkanes of at least 4 members (excludes halogenated alkanes) is 1. The van der Waals surface area contributed by atoms with Crippen LogP contribution >= 0.6 is 0 Å². The minimum atomic E-state index is -2.41. The largest absolute Gasteiger partial charge is 0.500 e. The summed E-state index contributed by atoms with van der Waals surface area (Å²) < 4.78 is 16.3. The van der Waals surface area contributed by atoms with E-state index in [4.69, 9.17) is 13.3 Å². The van der Waals surface area contributed by atoms with Gasteiger partial charge in [0.1, 0.15) is 0 Å². The van der Waals surface area contributed by atoms with Crippen molar-refractivity contribution in [2.45, 2.75) is 46.1 Å². The first-order valence-corrected chi connectivity index (χ1v) is 8.74. The van der Waals surface area contributed by atoms with Crippen molar-refractivity contribution in [3.05, 3.63) is 0 Å². The lowest BCUT2D eigenvalue weighted by Gasteiger charge is -2.30. The Hall–Kier alpha value is 0.0569. The third kappa shape index (κ3) is 6.85. The number of hydrogen-bond acceptors (Lipinski definition) is 4. The van der Waals surface area contributed by atoms with Gasteiger partial charge in [-0.25, -0.2) is 0 Å². The summed E-state index contributed by atoms with van der Waals surface area (Å²) >= 11 is 0. The van der Waals surface area contributed by atoms with Crippen molar-refractivity contribution in [2.24, 2.45) is 5.41 Å². The minimum absolute atomic E-state index is 0.238. The van der Waals surface area contributed by atoms with E-state index in [0.29, 0.717) is 0 Å². The van der Waals surface area contributed by atoms with Crippen LogP contribution in [0.5, 0.6) is 0 Å². The second-order valence-electron chi connectivity index (χ2n) is 5.49. The van der Waals surface area contributed by atoms with E-state index < -0.39 is 8.80 Å². The summed E-state index contributed by atoms with van der Waals surface area (Å²) in [5.74, 6) is 0. The van der Waals surface area contributed by atoms with Crippen LogP contribution in [0.3, 0.4) is 0 Å². The van der Waals surface area contributed by atoms with Crippen LogP contribution in [-0.4, -0.2) is 43.2 Å². The summed E-state index contributed by atoms with van der Waals surface area (Å²) in [7, 11) is 2.61. The van der Waals surface area contributed by atoms with Gasteiger partial charge < -0.3 is 18.6 Å². The summed E-state index contributed by atoms with van der Waals surface area (Å²) in [6.07, 6.45) is 3.51. The van der Waals surface area contributed by atoms with Gasteiger partial charge in [-0.1, -0.05) is 27.2 Å². The molecule has 0 atom stereocenters. The van der Waals surface area contributed by atoms with E-state index in [1.54, 1.807) is 21.3 Å². The van der Waals surface area contributed by atoms with Crippen LogP contribution in [-0.2, 0) is 13.3 Å². The van der Waals surface area contributed by atoms with E-state index in [-0.39, 0.29) is 5.41 Å². The molecule has 0 aromatic carbocycles. The normalized spacial score (nSPS) is 13.0. The Labute approximate surface area is 114 Å². The molecule has 0 heterocycles. The highest BCUT2D eigenvalue weighted by Crippen LogP contribution is 2.27. The minimum Gasteiger partial charge on any atom is -0.377 e. The third-order valence-electron chi connectivity index (χ3n) is 3.35. The number of hydrogen-bond donors (Lipinski definition) is 1. The Morgan fingerprint density at radius 1 is 1.06 bits per heavy atom. The molecule has 1 N–H and O–H groups in total. The van der Waals surface area contributed by atoms with Gasteiger partial charge in [0.15, 0.2) is 0 Å². The predicted octanol–water partition coefficient (Wildman–Crippen LogP) is 2.67. The Morgan fingerprint density at radius 3 is 2.06 bits per heavy atom. The molecule has 0 fully saturated rings. The van der Waals surface area contributed by atoms with Crippen LogP contribution in [0.1, 0.15) is 40.0 Å². The van der Waals surface area contributed by atoms with E-state index in [1.807, 2.05) is 0 Å². The molecule has 0 unspecified atom stereocenters. The summed E-state index contributed by atoms with van der Waals surface area (Å²) in [4.78, 5) is 0. The summed E-state index contributed by atoms with van der Waals surface area (Å²) in [5.41, 5.74) is 0.238. The van der Waals surface area contributed by atoms with E-state index in [9.17, 15) is 0 Å². The lowest BCUT2D eigenvalue weighted by Crippen LogP contribution is -2.44. The molecule has 0 aliphatic heterocycles. The van der Waals surface area contributed by atoms with Crippen LogP contribution < -0.4 is 5.32 Å². The zero-order valence-electron chi connectivity index (χ0n) is 13.0. The fourth-order valence-electron chi connectivity index (χ4n) is 1.86. The first kappa shape index (κ1) is 18.1. The highest BCUT2D eigenvalue weighted by atomic mass is 28.4. The van der Waals surface area contributed by atoms with Crippen molar-refractivity contribution in [3.8, 4) is 0 Å². The molecule has 0 aromatic rings. The molecule has 0 aliphatic rings. The smallest absolute Gasteiger partial charge is 0.377 e. The molecule has 18 heavy (non-hydrogen) atoms. The summed E-state index contributed by atoms with van der Waals surface area (Å²) in [6.45, 7) is 8.87. The lowest BCUT2D eigenvalue weighted by atomic mass is 9.90. The standard InChI is InChI=1S/C13H31NO3Si/c1-7-8-10-14-12-13(2,3)9-11-18(15-4,16-5)17-6/h14H,7-12H2,1-6H3. The Kier molecular flexibility index (Phi) is 9.07. The van der Waals surface area contributed by atoms with Crippen molar-refractivity contribution in [1.29, 1.82) is 0 Å². The summed E-state index contributed by atoms with van der Waals surface area (Å²) in [5, 5.41) is 3.51. The maximum Gasteiger partial charge on any atom is 0.500 e. The van der Waals surface area contributed by atoms with Gasteiger partial charge in [0.2, 0.25) is 0 Å². The molecular formula is C13H31NO3Si. The highest BCUT2D eigenvalue weighted by Gasteiger charge is 2.39. The molecule has 110 valence electrons. The van der Waals surface area contributed by atoms with Gasteiger partial charge in [0.25, 0.3) is 0 Å². The first-order valence-electron chi connectivity index (χ1n) is 6.81. The molecule has 0 saturated carbocycles. The lowest BCUT2D eigenvalue weighted by molar-refractivity contribution is 0.118. The van der Waals surface area contributed by atoms with Gasteiger partial charge >= 0.3 is 8.80 Å². The molecule has 0 aromatic heterocycles. The van der Waals surface area contributed by atoms with Crippen molar-refractivity contribution in [1.82, 2.24) is 5.32 Å². The maximum absolute atomic E-state index is 5.45. The molecule has 0 radical (unpaired) electrons. The van der Waals surface area contributed by atoms with Crippen molar-refractivity contribution < 1.29 is 13.3 Å². The van der Waals surface area contributed by atoms with Crippen molar-refractivity contribution in [2.75, 3.05) is 34.4 Å². The molecule has 4 nitrogen and oxygen atoms in total. The predicted molar refractivity (Wildman–Crippen MR) is 77.8 cm³/mol. The average molecular weight is 277 g/mol. The Balaban J connectivity index is 4.07. The highest BCUT2D eigenvalue weighted by molar-refractivity contribution is 6.60. The fraction of sp³-hybridized carbons (Fsp3) is 1.00. The van der Waals surface area contributed by atoms with Gasteiger partial charge in [0.05, 0.1) is 0 Å². The topological polar surface area (TPSA) is 39.7 Å². The molecule has 0 bridgehead atoms. The van der Waals surface area contributed by atoms with E-state index in [2.05, 4.69) is 26.1 Å². The van der Waals surface area contributed by atoms with Gasteiger partial charge in [-0.2, -0.15) is 0 Å². The van der Waals surface area contributed by atoms with E-state index in [0.717, 1.165) is 25.6 Å². The third-order valence-corrected chi connectivity index (χ3v) is 6.08. The zero-order valence-corrected chi connectivity index (χ0v) is 14.0. The quantitative estimate of drug-likeness (QED) is 0.465. The maximum atomic E-state index is 5.45. The molecule has 0 amide bonds. The van der Waals surface area contributed by atoms with Gasteiger partial charge in [-0.15, -0.1) is 0 Å². The average Bonchev–Trinajstić information content (AvgIpc) is 2.37. The van der Waals surface area contributed by atoms with Crippen molar-refractivity contribution in [3.63, 3.8) is 0 Å². The zero-order chi connectivity index (χ0) is 14.1. The van der Waals surface area contributed by atoms with Crippen LogP contribution in [0, 0.1) is 5.41 Å². The van der Waals surface area contributed by atoms with E-state index >= 15 is 0 Å². The first-order chi connectivity index (χ1) is 8.45. The van der Waals surface area contributed by atoms with Gasteiger partial charge in [0, 0.05) is 33.9 Å². The molecule has 0 aliphatic carbocycles. The second kappa shape index (κ2) is 9.04. The monoisotopic (exact) mass is 277 g/mol. The molecule has 5 heteroatoms. The van der Waals surface area contributed by atoms with Crippen LogP contribution in [0.25, 0.3) is 0 Å². The number of nitrogens with one attached hydrogen (secondary N) is 1. The van der Waals surface area contributed by atoms with Crippen LogP contribution in [0.4, 0.5) is 0 Å². The van der Waals surface area contributed by atoms with Gasteiger partial charge in [-0.3, -0.25) is 0 Å². The summed E-state index contributed by atoms with van der Waals surface area (Å²) in [6, 6.07) is 0.860. The molecule has 0 spiro atoms. The van der Waals surface area contributed by atoms with E-state index in [1.165, 1.54) is 12.8 Å². The fourth-order valence-corrected chi connectivity index (χ4v) is 3.96. The SMILES string of the molecule is CCCCNCC(C)(C)CC[Si](OC)(OC)OC. The van der Waals surface area contributed by atoms with Crippen LogP contribution in [0.15, 0.2) is 0 Å². The van der Waals surface area contributed by atoms with Crippen LogP contribution in [0.2, 0.25) is 6.04 Å². The van der Waals surface area contributed by atoms with Gasteiger partial charge in [-0.05, 0) is 24.8 Å². The number of rotatable bonds is 11. The molecule has 0 rings (SSSR count). The second-order valence-corrected chi connectivity index (χ2v) is 8.58. The Morgan fingerprint density at radius 2 is 1.61 bits per heavy atom.